The van der Waals surface area contributed by atoms with Crippen molar-refractivity contribution in [2.24, 2.45) is 0 Å². The van der Waals surface area contributed by atoms with E-state index in [2.05, 4.69) is 97.9 Å². The Balaban J connectivity index is 1.96. The van der Waals surface area contributed by atoms with Crippen molar-refractivity contribution in [2.75, 3.05) is 0 Å². The van der Waals surface area contributed by atoms with Gasteiger partial charge < -0.3 is 5.53 Å². The fraction of sp³-hybridized carbons (Fsp3) is 0.538. The summed E-state index contributed by atoms with van der Waals surface area (Å²) in [7, 11) is 0. The zero-order chi connectivity index (χ0) is 29.4. The van der Waals surface area contributed by atoms with E-state index in [4.69, 9.17) is 0 Å². The van der Waals surface area contributed by atoms with Gasteiger partial charge in [0, 0.05) is 12.8 Å². The number of aryl methyl sites for hydroxylation is 2. The zero-order valence-electron chi connectivity index (χ0n) is 26.3. The second-order valence-corrected chi connectivity index (χ2v) is 11.2. The van der Waals surface area contributed by atoms with Gasteiger partial charge in [-0.3, -0.25) is 0 Å². The molecule has 2 aromatic rings. The molecule has 0 fully saturated rings. The Hall–Kier alpha value is -3.10. The molecule has 0 saturated heterocycles. The number of rotatable bonds is 20. The first-order chi connectivity index (χ1) is 20.2. The van der Waals surface area contributed by atoms with E-state index in [9.17, 15) is 5.53 Å². The molecule has 2 heteroatoms. The standard InChI is InChI=1S/C39H54N2/c1-4-7-9-10-11-12-13-14-15-16-17-18-19-20-21-27-36-28-22-23-30-38(36)39(32-34(6-3)33-41-40)37-29-24-26-35(31-37)25-8-5-2/h22-24,26,28-32H,4-17,20-21,25,27H2,1-3H3. The third-order valence-corrected chi connectivity index (χ3v) is 7.79. The van der Waals surface area contributed by atoms with E-state index in [0.29, 0.717) is 0 Å². The SMILES string of the molecule is CCCCCCCCCCCCC#CCCCc1ccccc1C(=CC(=C=[N+]=[N-])CC)c1cccc(CCCC)c1. The van der Waals surface area contributed by atoms with Gasteiger partial charge in [0.1, 0.15) is 0 Å². The summed E-state index contributed by atoms with van der Waals surface area (Å²) in [6.07, 6.45) is 24.1. The van der Waals surface area contributed by atoms with Gasteiger partial charge in [0.15, 0.2) is 0 Å². The highest BCUT2D eigenvalue weighted by Crippen LogP contribution is 2.30. The molecule has 2 aromatic carbocycles. The first-order valence-electron chi connectivity index (χ1n) is 16.5. The van der Waals surface area contributed by atoms with E-state index in [1.54, 1.807) is 0 Å². The number of allylic oxidation sites excluding steroid dienone is 2. The largest absolute Gasteiger partial charge is 0.348 e. The minimum Gasteiger partial charge on any atom is -0.348 e. The van der Waals surface area contributed by atoms with Gasteiger partial charge in [0.05, 0.1) is 5.57 Å². The number of benzene rings is 2. The highest BCUT2D eigenvalue weighted by Gasteiger charge is 2.12. The molecule has 2 rings (SSSR count). The first kappa shape index (κ1) is 34.1. The van der Waals surface area contributed by atoms with Crippen LogP contribution in [0.5, 0.6) is 0 Å². The molecule has 0 bridgehead atoms. The maximum absolute atomic E-state index is 9.17. The van der Waals surface area contributed by atoms with Crippen LogP contribution in [-0.2, 0) is 12.8 Å². The Labute approximate surface area is 252 Å². The Morgan fingerprint density at radius 2 is 1.37 bits per heavy atom. The molecular weight excluding hydrogens is 496 g/mol. The van der Waals surface area contributed by atoms with Crippen LogP contribution < -0.4 is 0 Å². The number of hydrogen-bond acceptors (Lipinski definition) is 0. The molecule has 0 heterocycles. The van der Waals surface area contributed by atoms with E-state index in [-0.39, 0.29) is 0 Å². The zero-order valence-corrected chi connectivity index (χ0v) is 26.3. The lowest BCUT2D eigenvalue weighted by molar-refractivity contribution is 0.00749. The molecule has 220 valence electrons. The molecule has 0 N–H and O–H groups in total. The lowest BCUT2D eigenvalue weighted by atomic mass is 9.89. The van der Waals surface area contributed by atoms with Crippen LogP contribution in [0.1, 0.15) is 146 Å². The van der Waals surface area contributed by atoms with Crippen molar-refractivity contribution in [1.82, 2.24) is 0 Å². The average molecular weight is 551 g/mol. The number of nitrogens with zero attached hydrogens (tertiary/aromatic N) is 2. The van der Waals surface area contributed by atoms with Gasteiger partial charge in [-0.25, -0.2) is 0 Å². The van der Waals surface area contributed by atoms with Gasteiger partial charge in [-0.1, -0.05) is 134 Å². The number of hydrogen-bond donors (Lipinski definition) is 0. The molecule has 0 saturated carbocycles. The average Bonchev–Trinajstić information content (AvgIpc) is 3.00. The van der Waals surface area contributed by atoms with Crippen molar-refractivity contribution in [2.45, 2.75) is 136 Å². The third-order valence-electron chi connectivity index (χ3n) is 7.79. The topological polar surface area (TPSA) is 36.4 Å². The summed E-state index contributed by atoms with van der Waals surface area (Å²) in [5, 5.41) is 0. The molecule has 0 aliphatic carbocycles. The minimum absolute atomic E-state index is 0.750. The van der Waals surface area contributed by atoms with Gasteiger partial charge >= 0.3 is 5.87 Å². The van der Waals surface area contributed by atoms with Gasteiger partial charge in [-0.2, -0.15) is 0 Å². The summed E-state index contributed by atoms with van der Waals surface area (Å²) in [6, 6.07) is 17.6. The molecule has 0 aliphatic heterocycles. The van der Waals surface area contributed by atoms with E-state index in [1.807, 2.05) is 0 Å². The smallest absolute Gasteiger partial charge is 0.303 e. The van der Waals surface area contributed by atoms with Crippen molar-refractivity contribution in [3.8, 4) is 11.8 Å². The van der Waals surface area contributed by atoms with Gasteiger partial charge in [0.25, 0.3) is 0 Å². The van der Waals surface area contributed by atoms with Crippen LogP contribution in [0.25, 0.3) is 11.1 Å². The Morgan fingerprint density at radius 3 is 2.05 bits per heavy atom. The molecule has 0 unspecified atom stereocenters. The summed E-state index contributed by atoms with van der Waals surface area (Å²) < 4.78 is 0. The molecule has 0 aliphatic rings. The molecule has 0 aromatic heterocycles. The fourth-order valence-corrected chi connectivity index (χ4v) is 5.29. The normalized spacial score (nSPS) is 11.0. The van der Waals surface area contributed by atoms with Crippen LogP contribution >= 0.6 is 0 Å². The first-order valence-corrected chi connectivity index (χ1v) is 16.5. The second kappa shape index (κ2) is 22.6. The van der Waals surface area contributed by atoms with Crippen LogP contribution in [0.15, 0.2) is 60.2 Å². The van der Waals surface area contributed by atoms with Gasteiger partial charge in [-0.15, -0.1) is 16.6 Å². The monoisotopic (exact) mass is 550 g/mol. The molecule has 0 spiro atoms. The van der Waals surface area contributed by atoms with Crippen molar-refractivity contribution in [1.29, 1.82) is 0 Å². The maximum Gasteiger partial charge on any atom is 0.303 e. The van der Waals surface area contributed by atoms with E-state index >= 15 is 0 Å². The van der Waals surface area contributed by atoms with Crippen LogP contribution in [0.3, 0.4) is 0 Å². The predicted octanol–water partition coefficient (Wildman–Crippen LogP) is 11.3. The summed E-state index contributed by atoms with van der Waals surface area (Å²) in [5.74, 6) is 9.63. The Bertz CT molecular complexity index is 1180. The van der Waals surface area contributed by atoms with Gasteiger partial charge in [-0.05, 0) is 72.4 Å². The molecule has 0 radical (unpaired) electrons. The highest BCUT2D eigenvalue weighted by molar-refractivity contribution is 5.85. The third kappa shape index (κ3) is 14.4. The van der Waals surface area contributed by atoms with Gasteiger partial charge in [0.2, 0.25) is 0 Å². The lowest BCUT2D eigenvalue weighted by Gasteiger charge is -2.15. The Kier molecular flexibility index (Phi) is 18.8. The molecule has 41 heavy (non-hydrogen) atoms. The second-order valence-electron chi connectivity index (χ2n) is 11.2. The van der Waals surface area contributed by atoms with Crippen LogP contribution in [0.4, 0.5) is 0 Å². The molecular formula is C39H54N2. The van der Waals surface area contributed by atoms with E-state index in [1.165, 1.54) is 105 Å². The van der Waals surface area contributed by atoms with E-state index in [0.717, 1.165) is 44.1 Å². The van der Waals surface area contributed by atoms with Crippen molar-refractivity contribution in [3.05, 3.63) is 88.0 Å². The molecule has 0 atom stereocenters. The van der Waals surface area contributed by atoms with Crippen LogP contribution in [0, 0.1) is 11.8 Å². The van der Waals surface area contributed by atoms with Crippen molar-refractivity contribution >= 4 is 11.4 Å². The summed E-state index contributed by atoms with van der Waals surface area (Å²) >= 11 is 0. The minimum atomic E-state index is 0.750. The van der Waals surface area contributed by atoms with Crippen LogP contribution in [0.2, 0.25) is 0 Å². The summed E-state index contributed by atoms with van der Waals surface area (Å²) in [6.45, 7) is 6.59. The molecule has 2 nitrogen and oxygen atoms in total. The maximum atomic E-state index is 9.17. The quantitative estimate of drug-likeness (QED) is 0.0392. The Morgan fingerprint density at radius 1 is 0.707 bits per heavy atom. The van der Waals surface area contributed by atoms with Crippen LogP contribution in [-0.4, -0.2) is 10.7 Å². The summed E-state index contributed by atoms with van der Waals surface area (Å²) in [4.78, 5) is 3.20. The van der Waals surface area contributed by atoms with Crippen molar-refractivity contribution in [3.63, 3.8) is 0 Å². The lowest BCUT2D eigenvalue weighted by Crippen LogP contribution is -1.98. The van der Waals surface area contributed by atoms with Crippen molar-refractivity contribution < 1.29 is 4.79 Å². The predicted molar refractivity (Wildman–Crippen MR) is 178 cm³/mol. The fourth-order valence-electron chi connectivity index (χ4n) is 5.29. The molecule has 0 amide bonds. The number of unbranched alkanes of at least 4 members (excludes halogenated alkanes) is 12. The highest BCUT2D eigenvalue weighted by atomic mass is 14.8. The van der Waals surface area contributed by atoms with E-state index < -0.39 is 0 Å². The summed E-state index contributed by atoms with van der Waals surface area (Å²) in [5.41, 5.74) is 16.4.